The second-order valence-corrected chi connectivity index (χ2v) is 8.47. The molecule has 0 fully saturated rings. The van der Waals surface area contributed by atoms with Crippen molar-refractivity contribution in [3.05, 3.63) is 95.3 Å². The Balaban J connectivity index is 1.78. The highest BCUT2D eigenvalue weighted by Gasteiger charge is 2.18. The number of hydrogen-bond donors (Lipinski definition) is 1. The fourth-order valence-corrected chi connectivity index (χ4v) is 3.94. The van der Waals surface area contributed by atoms with Crippen LogP contribution in [0.4, 0.5) is 10.1 Å². The number of hydrogen-bond acceptors (Lipinski definition) is 3. The van der Waals surface area contributed by atoms with Gasteiger partial charge >= 0.3 is 0 Å². The van der Waals surface area contributed by atoms with Crippen LogP contribution >= 0.6 is 0 Å². The van der Waals surface area contributed by atoms with Crippen molar-refractivity contribution in [1.29, 1.82) is 0 Å². The quantitative estimate of drug-likeness (QED) is 0.660. The molecule has 0 aromatic heterocycles. The van der Waals surface area contributed by atoms with Crippen LogP contribution in [-0.4, -0.2) is 26.3 Å². The molecule has 3 aromatic rings. The van der Waals surface area contributed by atoms with E-state index < -0.39 is 10.0 Å². The van der Waals surface area contributed by atoms with Crippen molar-refractivity contribution in [1.82, 2.24) is 4.90 Å². The molecule has 150 valence electrons. The molecular weight excluding hydrogens is 391 g/mol. The van der Waals surface area contributed by atoms with Crippen molar-refractivity contribution in [2.24, 2.45) is 0 Å². The number of sulfonamides is 1. The maximum Gasteiger partial charge on any atom is 0.261 e. The Hall–Kier alpha value is -3.19. The minimum atomic E-state index is -3.84. The normalized spacial score (nSPS) is 11.1. The van der Waals surface area contributed by atoms with E-state index in [1.54, 1.807) is 49.5 Å². The Morgan fingerprint density at radius 2 is 1.69 bits per heavy atom. The number of rotatable bonds is 6. The molecule has 0 heterocycles. The van der Waals surface area contributed by atoms with E-state index in [9.17, 15) is 17.6 Å². The molecule has 0 aliphatic carbocycles. The third-order valence-corrected chi connectivity index (χ3v) is 5.73. The van der Waals surface area contributed by atoms with Gasteiger partial charge in [-0.2, -0.15) is 0 Å². The van der Waals surface area contributed by atoms with Gasteiger partial charge in [-0.1, -0.05) is 35.9 Å². The highest BCUT2D eigenvalue weighted by Crippen LogP contribution is 2.19. The fraction of sp³-hybridized carbons (Fsp3) is 0.136. The lowest BCUT2D eigenvalue weighted by molar-refractivity contribution is 0.0784. The average Bonchev–Trinajstić information content (AvgIpc) is 2.69. The summed E-state index contributed by atoms with van der Waals surface area (Å²) < 4.78 is 41.2. The van der Waals surface area contributed by atoms with E-state index in [4.69, 9.17) is 0 Å². The van der Waals surface area contributed by atoms with Gasteiger partial charge in [0.15, 0.2) is 0 Å². The van der Waals surface area contributed by atoms with Crippen LogP contribution < -0.4 is 4.72 Å². The minimum absolute atomic E-state index is 0.0110. The highest BCUT2D eigenvalue weighted by molar-refractivity contribution is 7.92. The molecule has 0 unspecified atom stereocenters. The van der Waals surface area contributed by atoms with E-state index in [0.717, 1.165) is 5.56 Å². The van der Waals surface area contributed by atoms with Gasteiger partial charge in [-0.05, 0) is 55.0 Å². The standard InChI is InChI=1S/C22H21FN2O3S/c1-16-9-11-20(12-10-16)24-29(27,28)21-8-4-6-18(14-21)22(26)25(2)15-17-5-3-7-19(23)13-17/h3-14,24H,15H2,1-2H3. The summed E-state index contributed by atoms with van der Waals surface area (Å²) in [5.41, 5.74) is 2.33. The van der Waals surface area contributed by atoms with Crippen LogP contribution in [0.1, 0.15) is 21.5 Å². The largest absolute Gasteiger partial charge is 0.337 e. The summed E-state index contributed by atoms with van der Waals surface area (Å²) in [5, 5.41) is 0. The van der Waals surface area contributed by atoms with Crippen molar-refractivity contribution in [2.45, 2.75) is 18.4 Å². The zero-order valence-corrected chi connectivity index (χ0v) is 16.9. The number of carbonyl (C=O) groups is 1. The first-order valence-electron chi connectivity index (χ1n) is 8.94. The smallest absolute Gasteiger partial charge is 0.261 e. The first kappa shape index (κ1) is 20.5. The number of anilines is 1. The molecule has 0 aliphatic rings. The van der Waals surface area contributed by atoms with Crippen LogP contribution in [-0.2, 0) is 16.6 Å². The second kappa shape index (κ2) is 8.45. The molecule has 0 radical (unpaired) electrons. The van der Waals surface area contributed by atoms with Gasteiger partial charge in [-0.15, -0.1) is 0 Å². The summed E-state index contributed by atoms with van der Waals surface area (Å²) >= 11 is 0. The number of halogens is 1. The van der Waals surface area contributed by atoms with Gasteiger partial charge in [-0.3, -0.25) is 9.52 Å². The molecule has 3 aromatic carbocycles. The van der Waals surface area contributed by atoms with E-state index in [0.29, 0.717) is 11.3 Å². The Morgan fingerprint density at radius 3 is 2.38 bits per heavy atom. The zero-order valence-electron chi connectivity index (χ0n) is 16.1. The van der Waals surface area contributed by atoms with Crippen LogP contribution in [0.3, 0.4) is 0 Å². The number of nitrogens with zero attached hydrogens (tertiary/aromatic N) is 1. The Labute approximate surface area is 169 Å². The summed E-state index contributed by atoms with van der Waals surface area (Å²) in [6.45, 7) is 2.11. The third kappa shape index (κ3) is 5.20. The number of amides is 1. The number of benzene rings is 3. The molecular formula is C22H21FN2O3S. The van der Waals surface area contributed by atoms with Crippen LogP contribution in [0, 0.1) is 12.7 Å². The van der Waals surface area contributed by atoms with Gasteiger partial charge in [0.05, 0.1) is 4.90 Å². The molecule has 0 spiro atoms. The lowest BCUT2D eigenvalue weighted by Crippen LogP contribution is -2.26. The first-order valence-corrected chi connectivity index (χ1v) is 10.4. The van der Waals surface area contributed by atoms with Crippen molar-refractivity contribution in [2.75, 3.05) is 11.8 Å². The van der Waals surface area contributed by atoms with Crippen molar-refractivity contribution >= 4 is 21.6 Å². The molecule has 0 aliphatic heterocycles. The molecule has 5 nitrogen and oxygen atoms in total. The highest BCUT2D eigenvalue weighted by atomic mass is 32.2. The van der Waals surface area contributed by atoms with Gasteiger partial charge in [0, 0.05) is 24.8 Å². The molecule has 1 N–H and O–H groups in total. The number of nitrogens with one attached hydrogen (secondary N) is 1. The van der Waals surface area contributed by atoms with Gasteiger partial charge in [0.1, 0.15) is 5.82 Å². The van der Waals surface area contributed by atoms with Gasteiger partial charge in [0.25, 0.3) is 15.9 Å². The maximum absolute atomic E-state index is 13.3. The van der Waals surface area contributed by atoms with E-state index >= 15 is 0 Å². The maximum atomic E-state index is 13.3. The summed E-state index contributed by atoms with van der Waals surface area (Å²) in [5.74, 6) is -0.736. The SMILES string of the molecule is Cc1ccc(NS(=O)(=O)c2cccc(C(=O)N(C)Cc3cccc(F)c3)c2)cc1. The molecule has 7 heteroatoms. The van der Waals surface area contributed by atoms with Gasteiger partial charge < -0.3 is 4.90 Å². The molecule has 0 bridgehead atoms. The van der Waals surface area contributed by atoms with Crippen molar-refractivity contribution < 1.29 is 17.6 Å². The molecule has 0 saturated heterocycles. The third-order valence-electron chi connectivity index (χ3n) is 4.35. The van der Waals surface area contributed by atoms with Crippen LogP contribution in [0.5, 0.6) is 0 Å². The van der Waals surface area contributed by atoms with Gasteiger partial charge in [0.2, 0.25) is 0 Å². The summed E-state index contributed by atoms with van der Waals surface area (Å²) in [4.78, 5) is 14.1. The van der Waals surface area contributed by atoms with Crippen molar-refractivity contribution in [3.63, 3.8) is 0 Å². The topological polar surface area (TPSA) is 66.5 Å². The zero-order chi connectivity index (χ0) is 21.0. The summed E-state index contributed by atoms with van der Waals surface area (Å²) in [6.07, 6.45) is 0. The monoisotopic (exact) mass is 412 g/mol. The Bertz CT molecular complexity index is 1130. The molecule has 29 heavy (non-hydrogen) atoms. The Kier molecular flexibility index (Phi) is 5.98. The lowest BCUT2D eigenvalue weighted by Gasteiger charge is -2.18. The van der Waals surface area contributed by atoms with Crippen LogP contribution in [0.2, 0.25) is 0 Å². The summed E-state index contributed by atoms with van der Waals surface area (Å²) in [6, 6.07) is 18.8. The first-order chi connectivity index (χ1) is 13.7. The van der Waals surface area contributed by atoms with Gasteiger partial charge in [-0.25, -0.2) is 12.8 Å². The minimum Gasteiger partial charge on any atom is -0.337 e. The van der Waals surface area contributed by atoms with E-state index in [2.05, 4.69) is 4.72 Å². The second-order valence-electron chi connectivity index (χ2n) is 6.79. The fourth-order valence-electron chi connectivity index (χ4n) is 2.83. The molecule has 1 amide bonds. The summed E-state index contributed by atoms with van der Waals surface area (Å²) in [7, 11) is -2.26. The number of aryl methyl sites for hydroxylation is 1. The molecule has 0 saturated carbocycles. The molecule has 3 rings (SSSR count). The van der Waals surface area contributed by atoms with E-state index in [-0.39, 0.29) is 28.7 Å². The van der Waals surface area contributed by atoms with Crippen molar-refractivity contribution in [3.8, 4) is 0 Å². The lowest BCUT2D eigenvalue weighted by atomic mass is 10.1. The average molecular weight is 412 g/mol. The molecule has 0 atom stereocenters. The number of carbonyl (C=O) groups excluding carboxylic acids is 1. The Morgan fingerprint density at radius 1 is 1.00 bits per heavy atom. The van der Waals surface area contributed by atoms with E-state index in [1.807, 2.05) is 6.92 Å². The van der Waals surface area contributed by atoms with E-state index in [1.165, 1.54) is 35.2 Å². The van der Waals surface area contributed by atoms with Crippen LogP contribution in [0.15, 0.2) is 77.7 Å². The van der Waals surface area contributed by atoms with Crippen LogP contribution in [0.25, 0.3) is 0 Å². The predicted octanol–water partition coefficient (Wildman–Crippen LogP) is 4.21. The predicted molar refractivity (Wildman–Crippen MR) is 111 cm³/mol.